The number of fused-ring (bicyclic) bond motifs is 1. The van der Waals surface area contributed by atoms with Crippen LogP contribution in [0.2, 0.25) is 0 Å². The van der Waals surface area contributed by atoms with Crippen molar-refractivity contribution in [2.75, 3.05) is 5.32 Å². The fourth-order valence-corrected chi connectivity index (χ4v) is 4.23. The maximum Gasteiger partial charge on any atom is 0.419 e. The normalized spacial score (nSPS) is 13.7. The highest BCUT2D eigenvalue weighted by Crippen LogP contribution is 2.46. The van der Waals surface area contributed by atoms with Crippen LogP contribution in [0.3, 0.4) is 0 Å². The molecule has 30 heavy (non-hydrogen) atoms. The van der Waals surface area contributed by atoms with E-state index in [-0.39, 0.29) is 11.5 Å². The molecule has 4 aromatic rings. The smallest absolute Gasteiger partial charge is 0.408 e. The molecule has 0 aliphatic heterocycles. The van der Waals surface area contributed by atoms with Crippen LogP contribution in [0, 0.1) is 11.6 Å². The molecule has 2 heterocycles. The van der Waals surface area contributed by atoms with Gasteiger partial charge in [-0.1, -0.05) is 6.07 Å². The number of halogens is 2. The molecule has 5 nitrogen and oxygen atoms in total. The molecule has 0 atom stereocenters. The van der Waals surface area contributed by atoms with E-state index in [1.165, 1.54) is 22.0 Å². The average molecular weight is 426 g/mol. The van der Waals surface area contributed by atoms with Gasteiger partial charge < -0.3 is 9.73 Å². The molecule has 2 aromatic carbocycles. The summed E-state index contributed by atoms with van der Waals surface area (Å²) in [4.78, 5) is 24.6. The van der Waals surface area contributed by atoms with Crippen molar-refractivity contribution in [3.63, 3.8) is 0 Å². The Morgan fingerprint density at radius 3 is 2.70 bits per heavy atom. The first-order valence-electron chi connectivity index (χ1n) is 9.40. The van der Waals surface area contributed by atoms with Gasteiger partial charge >= 0.3 is 5.76 Å². The van der Waals surface area contributed by atoms with Crippen LogP contribution in [0.1, 0.15) is 34.0 Å². The van der Waals surface area contributed by atoms with Crippen LogP contribution >= 0.6 is 11.3 Å². The number of amides is 1. The Bertz CT molecular complexity index is 1350. The number of hydrogen-bond acceptors (Lipinski definition) is 4. The van der Waals surface area contributed by atoms with Gasteiger partial charge in [-0.15, -0.1) is 11.3 Å². The lowest BCUT2D eigenvalue weighted by Gasteiger charge is -2.14. The highest BCUT2D eigenvalue weighted by molar-refractivity contribution is 7.12. The van der Waals surface area contributed by atoms with Crippen molar-refractivity contribution in [3.8, 4) is 11.1 Å². The van der Waals surface area contributed by atoms with Gasteiger partial charge in [-0.2, -0.15) is 0 Å². The Balaban J connectivity index is 1.66. The van der Waals surface area contributed by atoms with E-state index < -0.39 is 29.0 Å². The monoisotopic (exact) mass is 426 g/mol. The molecule has 2 aromatic heterocycles. The van der Waals surface area contributed by atoms with Crippen LogP contribution in [0.5, 0.6) is 0 Å². The van der Waals surface area contributed by atoms with Crippen molar-refractivity contribution >= 4 is 34.0 Å². The van der Waals surface area contributed by atoms with Gasteiger partial charge in [0.1, 0.15) is 11.5 Å². The molecule has 0 radical (unpaired) electrons. The summed E-state index contributed by atoms with van der Waals surface area (Å²) in [5, 5.41) is 4.07. The molecule has 0 bridgehead atoms. The Hall–Kier alpha value is -3.26. The van der Waals surface area contributed by atoms with Crippen LogP contribution in [0.4, 0.5) is 14.5 Å². The van der Waals surface area contributed by atoms with E-state index in [0.29, 0.717) is 21.5 Å². The van der Waals surface area contributed by atoms with Crippen molar-refractivity contribution in [1.82, 2.24) is 4.57 Å². The Morgan fingerprint density at radius 1 is 1.20 bits per heavy atom. The second kappa shape index (κ2) is 6.91. The predicted octanol–water partition coefficient (Wildman–Crippen LogP) is 5.27. The molecule has 1 saturated carbocycles. The number of thiophene rings is 1. The van der Waals surface area contributed by atoms with Gasteiger partial charge in [0.2, 0.25) is 0 Å². The van der Waals surface area contributed by atoms with E-state index in [9.17, 15) is 14.0 Å². The minimum atomic E-state index is -0.856. The van der Waals surface area contributed by atoms with Gasteiger partial charge in [0, 0.05) is 12.6 Å². The molecule has 0 unspecified atom stereocenters. The standard InChI is InChI=1S/C22H16F2N2O3S/c1-26-16-9-14(13(11-4-5-11)10-17(16)29-22(26)28)12-6-7-15(23)20(19(12)24)25-21(27)18-3-2-8-30-18/h2-3,6-11H,4-5H2,1H3,(H,25,27). The molecule has 1 aliphatic carbocycles. The second-order valence-electron chi connectivity index (χ2n) is 7.32. The van der Waals surface area contributed by atoms with Crippen molar-refractivity contribution in [2.24, 2.45) is 7.05 Å². The summed E-state index contributed by atoms with van der Waals surface area (Å²) in [7, 11) is 1.57. The highest BCUT2D eigenvalue weighted by atomic mass is 32.1. The van der Waals surface area contributed by atoms with Crippen LogP contribution in [-0.2, 0) is 7.05 Å². The van der Waals surface area contributed by atoms with E-state index in [1.54, 1.807) is 36.7 Å². The Morgan fingerprint density at radius 2 is 2.00 bits per heavy atom. The number of benzene rings is 2. The fourth-order valence-electron chi connectivity index (χ4n) is 3.61. The van der Waals surface area contributed by atoms with Gasteiger partial charge in [0.15, 0.2) is 11.4 Å². The first kappa shape index (κ1) is 18.7. The topological polar surface area (TPSA) is 64.2 Å². The van der Waals surface area contributed by atoms with Gasteiger partial charge in [0.05, 0.1) is 10.4 Å². The Kier molecular flexibility index (Phi) is 4.32. The van der Waals surface area contributed by atoms with E-state index in [1.807, 2.05) is 0 Å². The molecular formula is C22H16F2N2O3S. The predicted molar refractivity (Wildman–Crippen MR) is 111 cm³/mol. The number of carbonyl (C=O) groups is 1. The summed E-state index contributed by atoms with van der Waals surface area (Å²) < 4.78 is 36.5. The number of carbonyl (C=O) groups excluding carboxylic acids is 1. The third-order valence-electron chi connectivity index (χ3n) is 5.35. The van der Waals surface area contributed by atoms with Crippen molar-refractivity contribution in [2.45, 2.75) is 18.8 Å². The SMILES string of the molecule is Cn1c(=O)oc2cc(C3CC3)c(-c3ccc(F)c(NC(=O)c4cccs4)c3F)cc21. The number of nitrogens with one attached hydrogen (secondary N) is 1. The van der Waals surface area contributed by atoms with E-state index in [0.717, 1.165) is 24.5 Å². The number of aromatic nitrogens is 1. The molecule has 8 heteroatoms. The summed E-state index contributed by atoms with van der Waals surface area (Å²) in [6, 6.07) is 9.22. The molecule has 1 aliphatic rings. The molecule has 1 N–H and O–H groups in total. The van der Waals surface area contributed by atoms with Crippen molar-refractivity contribution in [1.29, 1.82) is 0 Å². The number of hydrogen-bond donors (Lipinski definition) is 1. The highest BCUT2D eigenvalue weighted by Gasteiger charge is 2.29. The lowest BCUT2D eigenvalue weighted by molar-refractivity contribution is 0.102. The third kappa shape index (κ3) is 3.04. The van der Waals surface area contributed by atoms with Crippen LogP contribution in [0.25, 0.3) is 22.2 Å². The maximum atomic E-state index is 15.4. The van der Waals surface area contributed by atoms with Gasteiger partial charge in [-0.25, -0.2) is 13.6 Å². The fraction of sp³-hybridized carbons (Fsp3) is 0.182. The lowest BCUT2D eigenvalue weighted by atomic mass is 9.95. The van der Waals surface area contributed by atoms with Crippen LogP contribution in [-0.4, -0.2) is 10.5 Å². The summed E-state index contributed by atoms with van der Waals surface area (Å²) in [5.74, 6) is -2.56. The summed E-state index contributed by atoms with van der Waals surface area (Å²) in [5.41, 5.74) is 2.03. The number of aryl methyl sites for hydroxylation is 1. The number of rotatable bonds is 4. The molecule has 0 saturated heterocycles. The Labute approximate surface area is 173 Å². The van der Waals surface area contributed by atoms with E-state index in [4.69, 9.17) is 4.42 Å². The molecule has 0 spiro atoms. The van der Waals surface area contributed by atoms with Crippen molar-refractivity contribution in [3.05, 3.63) is 74.4 Å². The maximum absolute atomic E-state index is 15.4. The molecule has 152 valence electrons. The minimum absolute atomic E-state index is 0.162. The van der Waals surface area contributed by atoms with E-state index >= 15 is 4.39 Å². The summed E-state index contributed by atoms with van der Waals surface area (Å²) in [6.07, 6.45) is 1.89. The zero-order chi connectivity index (χ0) is 21.0. The summed E-state index contributed by atoms with van der Waals surface area (Å²) in [6.45, 7) is 0. The minimum Gasteiger partial charge on any atom is -0.408 e. The molecular weight excluding hydrogens is 410 g/mol. The number of nitrogens with zero attached hydrogens (tertiary/aromatic N) is 1. The largest absolute Gasteiger partial charge is 0.419 e. The lowest BCUT2D eigenvalue weighted by Crippen LogP contribution is -2.13. The quantitative estimate of drug-likeness (QED) is 0.484. The van der Waals surface area contributed by atoms with Gasteiger partial charge in [0.25, 0.3) is 5.91 Å². The molecule has 1 fully saturated rings. The van der Waals surface area contributed by atoms with Gasteiger partial charge in [-0.05, 0) is 65.6 Å². The first-order valence-corrected chi connectivity index (χ1v) is 10.3. The summed E-state index contributed by atoms with van der Waals surface area (Å²) >= 11 is 1.18. The van der Waals surface area contributed by atoms with Crippen LogP contribution < -0.4 is 11.1 Å². The molecule has 5 rings (SSSR count). The van der Waals surface area contributed by atoms with Crippen LogP contribution in [0.15, 0.2) is 51.0 Å². The first-order chi connectivity index (χ1) is 14.4. The average Bonchev–Trinajstić information content (AvgIpc) is 3.35. The second-order valence-corrected chi connectivity index (χ2v) is 8.27. The molecule has 1 amide bonds. The zero-order valence-electron chi connectivity index (χ0n) is 15.9. The van der Waals surface area contributed by atoms with Crippen molar-refractivity contribution < 1.29 is 18.0 Å². The third-order valence-corrected chi connectivity index (χ3v) is 6.21. The van der Waals surface area contributed by atoms with E-state index in [2.05, 4.69) is 5.32 Å². The number of oxazole rings is 1. The zero-order valence-corrected chi connectivity index (χ0v) is 16.7. The van der Waals surface area contributed by atoms with Gasteiger partial charge in [-0.3, -0.25) is 9.36 Å². The number of anilines is 1.